The van der Waals surface area contributed by atoms with E-state index in [1.807, 2.05) is 24.3 Å². The quantitative estimate of drug-likeness (QED) is 0.232. The number of allylic oxidation sites excluding steroid dienone is 2. The Hall–Kier alpha value is -1.57. The Balaban J connectivity index is 1.86. The number of unbranched alkanes of at least 4 members (excludes halogenated alkanes) is 11. The molecule has 0 radical (unpaired) electrons. The summed E-state index contributed by atoms with van der Waals surface area (Å²) in [6.07, 6.45) is 22.1. The van der Waals surface area contributed by atoms with Crippen molar-refractivity contribution < 1.29 is 4.79 Å². The largest absolute Gasteiger partial charge is 0.326 e. The molecular weight excluding hydrogens is 330 g/mol. The van der Waals surface area contributed by atoms with Crippen molar-refractivity contribution >= 4 is 11.6 Å². The van der Waals surface area contributed by atoms with Crippen LogP contribution in [-0.2, 0) is 4.79 Å². The molecule has 2 heteroatoms. The van der Waals surface area contributed by atoms with Crippen molar-refractivity contribution in [2.45, 2.75) is 104 Å². The van der Waals surface area contributed by atoms with Crippen LogP contribution in [0.4, 0.5) is 5.69 Å². The third-order valence-electron chi connectivity index (χ3n) is 5.00. The lowest BCUT2D eigenvalue weighted by Crippen LogP contribution is -2.10. The zero-order valence-corrected chi connectivity index (χ0v) is 17.8. The molecule has 0 spiro atoms. The maximum Gasteiger partial charge on any atom is 0.224 e. The molecule has 1 rings (SSSR count). The highest BCUT2D eigenvalue weighted by Crippen LogP contribution is 2.12. The number of hydrogen-bond donors (Lipinski definition) is 1. The minimum absolute atomic E-state index is 0.136. The maximum absolute atomic E-state index is 11.9. The Morgan fingerprint density at radius 2 is 1.30 bits per heavy atom. The van der Waals surface area contributed by atoms with E-state index in [1.165, 1.54) is 76.2 Å². The summed E-state index contributed by atoms with van der Waals surface area (Å²) in [5.41, 5.74) is 2.11. The average Bonchev–Trinajstić information content (AvgIpc) is 2.66. The van der Waals surface area contributed by atoms with Crippen molar-refractivity contribution in [1.82, 2.24) is 0 Å². The summed E-state index contributed by atoms with van der Waals surface area (Å²) in [7, 11) is 0. The van der Waals surface area contributed by atoms with E-state index in [9.17, 15) is 4.79 Å². The summed E-state index contributed by atoms with van der Waals surface area (Å²) in [5, 5.41) is 2.97. The summed E-state index contributed by atoms with van der Waals surface area (Å²) in [5.74, 6) is 0.136. The van der Waals surface area contributed by atoms with Crippen LogP contribution in [0.5, 0.6) is 0 Å². The van der Waals surface area contributed by atoms with Gasteiger partial charge in [0.2, 0.25) is 5.91 Å². The number of anilines is 1. The van der Waals surface area contributed by atoms with Gasteiger partial charge in [0.25, 0.3) is 0 Å². The molecule has 0 aromatic heterocycles. The number of benzene rings is 1. The zero-order chi connectivity index (χ0) is 19.6. The van der Waals surface area contributed by atoms with Crippen LogP contribution in [-0.4, -0.2) is 5.91 Å². The van der Waals surface area contributed by atoms with Gasteiger partial charge in [0.05, 0.1) is 0 Å². The van der Waals surface area contributed by atoms with Crippen LogP contribution in [0.1, 0.15) is 102 Å². The predicted molar refractivity (Wildman–Crippen MR) is 119 cm³/mol. The monoisotopic (exact) mass is 371 g/mol. The standard InChI is InChI=1S/C25H41NO/c1-3-4-5-6-7-8-9-10-11-12-13-14-15-16-17-18-25(27)26-24-21-19-23(2)20-22-24/h10-11,19-22H,3-9,12-18H2,1-2H3,(H,26,27)/b11-10+. The molecule has 1 aromatic carbocycles. The van der Waals surface area contributed by atoms with Crippen LogP contribution < -0.4 is 5.32 Å². The predicted octanol–water partition coefficient (Wildman–Crippen LogP) is 7.97. The molecule has 27 heavy (non-hydrogen) atoms. The van der Waals surface area contributed by atoms with Crippen molar-refractivity contribution in [1.29, 1.82) is 0 Å². The first-order valence-corrected chi connectivity index (χ1v) is 11.2. The second-order valence-electron chi connectivity index (χ2n) is 7.75. The van der Waals surface area contributed by atoms with Crippen molar-refractivity contribution in [3.63, 3.8) is 0 Å². The second-order valence-corrected chi connectivity index (χ2v) is 7.75. The molecule has 1 N–H and O–H groups in total. The van der Waals surface area contributed by atoms with Crippen molar-refractivity contribution in [3.05, 3.63) is 42.0 Å². The first-order valence-electron chi connectivity index (χ1n) is 11.2. The van der Waals surface area contributed by atoms with Crippen LogP contribution in [0.2, 0.25) is 0 Å². The van der Waals surface area contributed by atoms with Crippen LogP contribution >= 0.6 is 0 Å². The molecule has 0 aliphatic carbocycles. The smallest absolute Gasteiger partial charge is 0.224 e. The lowest BCUT2D eigenvalue weighted by atomic mass is 10.1. The van der Waals surface area contributed by atoms with Gasteiger partial charge in [-0.3, -0.25) is 4.79 Å². The van der Waals surface area contributed by atoms with E-state index in [1.54, 1.807) is 0 Å². The summed E-state index contributed by atoms with van der Waals surface area (Å²) >= 11 is 0. The SMILES string of the molecule is CCCCCCCC/C=C/CCCCCCCC(=O)Nc1ccc(C)cc1. The highest BCUT2D eigenvalue weighted by Gasteiger charge is 2.01. The van der Waals surface area contributed by atoms with E-state index in [4.69, 9.17) is 0 Å². The minimum atomic E-state index is 0.136. The molecule has 0 heterocycles. The van der Waals surface area contributed by atoms with Crippen LogP contribution in [0.15, 0.2) is 36.4 Å². The van der Waals surface area contributed by atoms with Gasteiger partial charge in [-0.05, 0) is 51.2 Å². The van der Waals surface area contributed by atoms with E-state index < -0.39 is 0 Å². The number of aryl methyl sites for hydroxylation is 1. The van der Waals surface area contributed by atoms with Crippen molar-refractivity contribution in [2.75, 3.05) is 5.32 Å². The van der Waals surface area contributed by atoms with Gasteiger partial charge >= 0.3 is 0 Å². The second kappa shape index (κ2) is 16.6. The average molecular weight is 372 g/mol. The van der Waals surface area contributed by atoms with Crippen molar-refractivity contribution in [2.24, 2.45) is 0 Å². The topological polar surface area (TPSA) is 29.1 Å². The molecule has 0 aliphatic heterocycles. The number of rotatable bonds is 16. The van der Waals surface area contributed by atoms with Crippen LogP contribution in [0.25, 0.3) is 0 Å². The van der Waals surface area contributed by atoms with Gasteiger partial charge in [0.1, 0.15) is 0 Å². The molecule has 0 fully saturated rings. The lowest BCUT2D eigenvalue weighted by Gasteiger charge is -2.05. The van der Waals surface area contributed by atoms with Gasteiger partial charge in [-0.1, -0.05) is 88.1 Å². The minimum Gasteiger partial charge on any atom is -0.326 e. The highest BCUT2D eigenvalue weighted by atomic mass is 16.1. The summed E-state index contributed by atoms with van der Waals surface area (Å²) in [4.78, 5) is 11.9. The number of hydrogen-bond acceptors (Lipinski definition) is 1. The fraction of sp³-hybridized carbons (Fsp3) is 0.640. The molecule has 1 amide bonds. The molecule has 0 saturated heterocycles. The van der Waals surface area contributed by atoms with Gasteiger partial charge in [0.15, 0.2) is 0 Å². The first kappa shape index (κ1) is 23.5. The Labute approximate surface area is 167 Å². The van der Waals surface area contributed by atoms with E-state index in [-0.39, 0.29) is 5.91 Å². The van der Waals surface area contributed by atoms with Crippen molar-refractivity contribution in [3.8, 4) is 0 Å². The maximum atomic E-state index is 11.9. The van der Waals surface area contributed by atoms with Gasteiger partial charge in [0, 0.05) is 12.1 Å². The third kappa shape index (κ3) is 14.2. The van der Waals surface area contributed by atoms with Crippen LogP contribution in [0.3, 0.4) is 0 Å². The Morgan fingerprint density at radius 1 is 0.778 bits per heavy atom. The normalized spacial score (nSPS) is 11.2. The fourth-order valence-electron chi connectivity index (χ4n) is 3.22. The molecule has 2 nitrogen and oxygen atoms in total. The number of nitrogens with one attached hydrogen (secondary N) is 1. The Morgan fingerprint density at radius 3 is 1.89 bits per heavy atom. The fourth-order valence-corrected chi connectivity index (χ4v) is 3.22. The molecule has 1 aromatic rings. The molecule has 0 aliphatic rings. The zero-order valence-electron chi connectivity index (χ0n) is 17.8. The van der Waals surface area contributed by atoms with E-state index in [0.29, 0.717) is 6.42 Å². The van der Waals surface area contributed by atoms with Crippen LogP contribution in [0, 0.1) is 6.92 Å². The molecular formula is C25H41NO. The molecule has 152 valence electrons. The molecule has 0 bridgehead atoms. The highest BCUT2D eigenvalue weighted by molar-refractivity contribution is 5.90. The van der Waals surface area contributed by atoms with E-state index >= 15 is 0 Å². The lowest BCUT2D eigenvalue weighted by molar-refractivity contribution is -0.116. The summed E-state index contributed by atoms with van der Waals surface area (Å²) < 4.78 is 0. The molecule has 0 atom stereocenters. The van der Waals surface area contributed by atoms with Gasteiger partial charge in [-0.25, -0.2) is 0 Å². The third-order valence-corrected chi connectivity index (χ3v) is 5.00. The summed E-state index contributed by atoms with van der Waals surface area (Å²) in [6.45, 7) is 4.32. The Kier molecular flexibility index (Phi) is 14.4. The number of amides is 1. The summed E-state index contributed by atoms with van der Waals surface area (Å²) in [6, 6.07) is 7.98. The molecule has 0 saturated carbocycles. The van der Waals surface area contributed by atoms with E-state index in [2.05, 4.69) is 31.3 Å². The number of carbonyl (C=O) groups excluding carboxylic acids is 1. The Bertz CT molecular complexity index is 504. The van der Waals surface area contributed by atoms with Gasteiger partial charge < -0.3 is 5.32 Å². The first-order chi connectivity index (χ1) is 13.2. The van der Waals surface area contributed by atoms with Gasteiger partial charge in [-0.2, -0.15) is 0 Å². The van der Waals surface area contributed by atoms with E-state index in [0.717, 1.165) is 18.5 Å². The number of carbonyl (C=O) groups is 1. The molecule has 0 unspecified atom stereocenters. The van der Waals surface area contributed by atoms with Gasteiger partial charge in [-0.15, -0.1) is 0 Å².